The van der Waals surface area contributed by atoms with Crippen molar-refractivity contribution in [2.45, 2.75) is 6.92 Å². The number of hydrogen-bond donors (Lipinski definition) is 1. The lowest BCUT2D eigenvalue weighted by Gasteiger charge is -2.03. The van der Waals surface area contributed by atoms with Gasteiger partial charge >= 0.3 is 0 Å². The molecule has 0 atom stereocenters. The minimum absolute atomic E-state index is 0.770. The summed E-state index contributed by atoms with van der Waals surface area (Å²) in [6, 6.07) is 17.6. The maximum absolute atomic E-state index is 4.55. The second-order valence-corrected chi connectivity index (χ2v) is 4.42. The summed E-state index contributed by atoms with van der Waals surface area (Å²) in [6.45, 7) is 1.91. The highest BCUT2D eigenvalue weighted by Gasteiger charge is 2.02. The van der Waals surface area contributed by atoms with Gasteiger partial charge in [-0.25, -0.2) is 4.98 Å². The van der Waals surface area contributed by atoms with Crippen LogP contribution >= 0.6 is 0 Å². The zero-order valence-electron chi connectivity index (χ0n) is 11.1. The quantitative estimate of drug-likeness (QED) is 0.581. The highest BCUT2D eigenvalue weighted by atomic mass is 15.3. The highest BCUT2D eigenvalue weighted by molar-refractivity contribution is 5.98. The van der Waals surface area contributed by atoms with Crippen LogP contribution in [0.15, 0.2) is 65.9 Å². The first-order chi connectivity index (χ1) is 9.83. The summed E-state index contributed by atoms with van der Waals surface area (Å²) in [5.41, 5.74) is 7.29. The predicted octanol–water partition coefficient (Wildman–Crippen LogP) is 3.47. The van der Waals surface area contributed by atoms with E-state index in [0.717, 1.165) is 28.1 Å². The van der Waals surface area contributed by atoms with E-state index in [-0.39, 0.29) is 0 Å². The zero-order chi connectivity index (χ0) is 13.8. The molecule has 1 aromatic heterocycles. The Balaban J connectivity index is 1.86. The van der Waals surface area contributed by atoms with Crippen molar-refractivity contribution in [1.82, 2.24) is 9.97 Å². The molecule has 0 saturated carbocycles. The van der Waals surface area contributed by atoms with E-state index in [1.807, 2.05) is 61.5 Å². The Morgan fingerprint density at radius 3 is 2.45 bits per heavy atom. The maximum Gasteiger partial charge on any atom is 0.105 e. The van der Waals surface area contributed by atoms with Crippen LogP contribution in [0.25, 0.3) is 11.0 Å². The molecule has 0 aliphatic heterocycles. The molecule has 98 valence electrons. The van der Waals surface area contributed by atoms with Gasteiger partial charge in [-0.3, -0.25) is 10.4 Å². The largest absolute Gasteiger partial charge is 0.278 e. The molecule has 0 bridgehead atoms. The number of hydrazone groups is 1. The summed E-state index contributed by atoms with van der Waals surface area (Å²) in [7, 11) is 0. The van der Waals surface area contributed by atoms with E-state index >= 15 is 0 Å². The van der Waals surface area contributed by atoms with Gasteiger partial charge in [-0.15, -0.1) is 0 Å². The number of hydrogen-bond acceptors (Lipinski definition) is 4. The first kappa shape index (κ1) is 12.3. The van der Waals surface area contributed by atoms with Gasteiger partial charge in [0.05, 0.1) is 28.6 Å². The fourth-order valence-electron chi connectivity index (χ4n) is 1.85. The van der Waals surface area contributed by atoms with E-state index in [1.54, 1.807) is 6.20 Å². The van der Waals surface area contributed by atoms with E-state index in [2.05, 4.69) is 20.5 Å². The minimum atomic E-state index is 0.770. The van der Waals surface area contributed by atoms with Crippen molar-refractivity contribution in [3.8, 4) is 0 Å². The molecule has 0 amide bonds. The Bertz CT molecular complexity index is 751. The van der Waals surface area contributed by atoms with Gasteiger partial charge in [0.15, 0.2) is 0 Å². The number of rotatable bonds is 3. The van der Waals surface area contributed by atoms with E-state index in [1.165, 1.54) is 0 Å². The van der Waals surface area contributed by atoms with Crippen LogP contribution in [0.1, 0.15) is 12.6 Å². The lowest BCUT2D eigenvalue weighted by molar-refractivity contribution is 1.23. The van der Waals surface area contributed by atoms with E-state index < -0.39 is 0 Å². The summed E-state index contributed by atoms with van der Waals surface area (Å²) < 4.78 is 0. The van der Waals surface area contributed by atoms with Gasteiger partial charge in [-0.1, -0.05) is 30.3 Å². The summed E-state index contributed by atoms with van der Waals surface area (Å²) in [4.78, 5) is 8.94. The standard InChI is InChI=1S/C16H14N4/c1-12(19-20-13-7-3-2-4-8-13)16-11-17-14-9-5-6-10-15(14)18-16/h2-11,20H,1H3/b19-12-. The Hall–Kier alpha value is -2.75. The van der Waals surface area contributed by atoms with Crippen molar-refractivity contribution in [3.63, 3.8) is 0 Å². The molecule has 0 radical (unpaired) electrons. The fourth-order valence-corrected chi connectivity index (χ4v) is 1.85. The second kappa shape index (κ2) is 5.48. The Morgan fingerprint density at radius 2 is 1.65 bits per heavy atom. The van der Waals surface area contributed by atoms with E-state index in [0.29, 0.717) is 0 Å². The molecule has 4 nitrogen and oxygen atoms in total. The molecule has 3 rings (SSSR count). The molecule has 1 N–H and O–H groups in total. The molecule has 20 heavy (non-hydrogen) atoms. The summed E-state index contributed by atoms with van der Waals surface area (Å²) >= 11 is 0. The van der Waals surface area contributed by atoms with Crippen molar-refractivity contribution in [2.75, 3.05) is 5.43 Å². The molecule has 0 saturated heterocycles. The molecule has 0 spiro atoms. The molecule has 4 heteroatoms. The lowest BCUT2D eigenvalue weighted by atomic mass is 10.2. The SMILES string of the molecule is C/C(=N/Nc1ccccc1)c1cnc2ccccc2n1. The Labute approximate surface area is 117 Å². The van der Waals surface area contributed by atoms with Crippen molar-refractivity contribution in [2.24, 2.45) is 5.10 Å². The number of anilines is 1. The maximum atomic E-state index is 4.55. The molecular formula is C16H14N4. The van der Waals surface area contributed by atoms with Crippen LogP contribution in [0.2, 0.25) is 0 Å². The molecule has 3 aromatic rings. The molecule has 0 unspecified atom stereocenters. The smallest absolute Gasteiger partial charge is 0.105 e. The third-order valence-corrected chi connectivity index (χ3v) is 2.95. The van der Waals surface area contributed by atoms with Crippen molar-refractivity contribution in [3.05, 3.63) is 66.5 Å². The average molecular weight is 262 g/mol. The molecular weight excluding hydrogens is 248 g/mol. The third kappa shape index (κ3) is 2.64. The lowest BCUT2D eigenvalue weighted by Crippen LogP contribution is -2.03. The van der Waals surface area contributed by atoms with Gasteiger partial charge in [0, 0.05) is 0 Å². The number of para-hydroxylation sites is 3. The predicted molar refractivity (Wildman–Crippen MR) is 81.8 cm³/mol. The Kier molecular flexibility index (Phi) is 3.37. The van der Waals surface area contributed by atoms with Gasteiger partial charge in [0.25, 0.3) is 0 Å². The van der Waals surface area contributed by atoms with E-state index in [4.69, 9.17) is 0 Å². The van der Waals surface area contributed by atoms with Crippen LogP contribution < -0.4 is 5.43 Å². The third-order valence-electron chi connectivity index (χ3n) is 2.95. The molecule has 2 aromatic carbocycles. The number of fused-ring (bicyclic) bond motifs is 1. The number of aromatic nitrogens is 2. The van der Waals surface area contributed by atoms with Crippen molar-refractivity contribution in [1.29, 1.82) is 0 Å². The highest BCUT2D eigenvalue weighted by Crippen LogP contribution is 2.10. The van der Waals surface area contributed by atoms with Crippen LogP contribution in [0.3, 0.4) is 0 Å². The van der Waals surface area contributed by atoms with Gasteiger partial charge in [0.1, 0.15) is 5.69 Å². The summed E-state index contributed by atoms with van der Waals surface area (Å²) in [5.74, 6) is 0. The van der Waals surface area contributed by atoms with Crippen LogP contribution in [-0.4, -0.2) is 15.7 Å². The summed E-state index contributed by atoms with van der Waals surface area (Å²) in [5, 5.41) is 4.34. The van der Waals surface area contributed by atoms with Gasteiger partial charge in [0.2, 0.25) is 0 Å². The molecule has 1 heterocycles. The first-order valence-electron chi connectivity index (χ1n) is 6.40. The van der Waals surface area contributed by atoms with Crippen LogP contribution in [-0.2, 0) is 0 Å². The zero-order valence-corrected chi connectivity index (χ0v) is 11.1. The van der Waals surface area contributed by atoms with Crippen molar-refractivity contribution >= 4 is 22.4 Å². The minimum Gasteiger partial charge on any atom is -0.278 e. The normalized spacial score (nSPS) is 11.6. The van der Waals surface area contributed by atoms with Crippen LogP contribution in [0, 0.1) is 0 Å². The first-order valence-corrected chi connectivity index (χ1v) is 6.40. The van der Waals surface area contributed by atoms with Crippen LogP contribution in [0.4, 0.5) is 5.69 Å². The van der Waals surface area contributed by atoms with Gasteiger partial charge in [-0.2, -0.15) is 5.10 Å². The monoisotopic (exact) mass is 262 g/mol. The van der Waals surface area contributed by atoms with E-state index in [9.17, 15) is 0 Å². The number of benzene rings is 2. The molecule has 0 aliphatic rings. The van der Waals surface area contributed by atoms with Gasteiger partial charge in [-0.05, 0) is 31.2 Å². The van der Waals surface area contributed by atoms with Crippen LogP contribution in [0.5, 0.6) is 0 Å². The molecule has 0 aliphatic carbocycles. The van der Waals surface area contributed by atoms with Crippen molar-refractivity contribution < 1.29 is 0 Å². The number of nitrogens with one attached hydrogen (secondary N) is 1. The Morgan fingerprint density at radius 1 is 0.950 bits per heavy atom. The van der Waals surface area contributed by atoms with Gasteiger partial charge < -0.3 is 0 Å². The fraction of sp³-hybridized carbons (Fsp3) is 0.0625. The summed E-state index contributed by atoms with van der Waals surface area (Å²) in [6.07, 6.45) is 1.74. The topological polar surface area (TPSA) is 50.2 Å². The molecule has 0 fully saturated rings. The second-order valence-electron chi connectivity index (χ2n) is 4.42. The number of nitrogens with zero attached hydrogens (tertiary/aromatic N) is 3. The average Bonchev–Trinajstić information content (AvgIpc) is 2.53.